The largest absolute Gasteiger partial charge is 0.478 e. The number of hydrogen-bond donors (Lipinski definition) is 2. The molecular formula is C15H11F2NO3. The van der Waals surface area contributed by atoms with Crippen molar-refractivity contribution in [3.8, 4) is 0 Å². The van der Waals surface area contributed by atoms with Crippen molar-refractivity contribution in [3.05, 3.63) is 64.7 Å². The highest BCUT2D eigenvalue weighted by atomic mass is 19.1. The van der Waals surface area contributed by atoms with Gasteiger partial charge in [-0.2, -0.15) is 0 Å². The van der Waals surface area contributed by atoms with Gasteiger partial charge >= 0.3 is 5.97 Å². The molecule has 0 aromatic heterocycles. The molecule has 2 rings (SSSR count). The Bertz CT molecular complexity index is 729. The first-order chi connectivity index (χ1) is 9.88. The van der Waals surface area contributed by atoms with E-state index in [1.165, 1.54) is 19.1 Å². The topological polar surface area (TPSA) is 66.4 Å². The number of nitrogens with one attached hydrogen (secondary N) is 1. The molecule has 0 spiro atoms. The van der Waals surface area contributed by atoms with Crippen LogP contribution < -0.4 is 5.32 Å². The molecule has 0 aliphatic rings. The third-order valence-corrected chi connectivity index (χ3v) is 2.88. The van der Waals surface area contributed by atoms with E-state index in [2.05, 4.69) is 5.32 Å². The van der Waals surface area contributed by atoms with Crippen LogP contribution in [0, 0.1) is 18.6 Å². The number of amides is 1. The summed E-state index contributed by atoms with van der Waals surface area (Å²) in [5, 5.41) is 11.1. The summed E-state index contributed by atoms with van der Waals surface area (Å²) >= 11 is 0. The number of carbonyl (C=O) groups excluding carboxylic acids is 1. The number of halogens is 2. The van der Waals surface area contributed by atoms with Crippen LogP contribution in [0.5, 0.6) is 0 Å². The maximum absolute atomic E-state index is 13.6. The van der Waals surface area contributed by atoms with Crippen LogP contribution in [0.25, 0.3) is 0 Å². The maximum Gasteiger partial charge on any atom is 0.335 e. The lowest BCUT2D eigenvalue weighted by atomic mass is 10.1. The Kier molecular flexibility index (Phi) is 3.98. The lowest BCUT2D eigenvalue weighted by Gasteiger charge is -2.08. The molecule has 108 valence electrons. The van der Waals surface area contributed by atoms with E-state index < -0.39 is 23.5 Å². The highest BCUT2D eigenvalue weighted by Gasteiger charge is 2.13. The fourth-order valence-corrected chi connectivity index (χ4v) is 1.73. The summed E-state index contributed by atoms with van der Waals surface area (Å²) < 4.78 is 26.7. The lowest BCUT2D eigenvalue weighted by Crippen LogP contribution is -2.14. The Balaban J connectivity index is 2.28. The van der Waals surface area contributed by atoms with Crippen LogP contribution in [0.2, 0.25) is 0 Å². The Morgan fingerprint density at radius 3 is 2.24 bits per heavy atom. The average molecular weight is 291 g/mol. The summed E-state index contributed by atoms with van der Waals surface area (Å²) in [6.07, 6.45) is 0. The van der Waals surface area contributed by atoms with E-state index in [9.17, 15) is 18.4 Å². The number of anilines is 1. The minimum Gasteiger partial charge on any atom is -0.478 e. The summed E-state index contributed by atoms with van der Waals surface area (Å²) in [6, 6.07) is 6.78. The first-order valence-corrected chi connectivity index (χ1v) is 5.99. The standard InChI is InChI=1S/C15H11F2NO3/c1-8-6-9(2-4-11(8)16)14(19)18-13-7-10(15(20)21)3-5-12(13)17/h2-7H,1H3,(H,18,19)(H,20,21). The van der Waals surface area contributed by atoms with Crippen LogP contribution in [-0.2, 0) is 0 Å². The number of benzene rings is 2. The molecule has 0 bridgehead atoms. The quantitative estimate of drug-likeness (QED) is 0.912. The van der Waals surface area contributed by atoms with Crippen molar-refractivity contribution < 1.29 is 23.5 Å². The summed E-state index contributed by atoms with van der Waals surface area (Å²) in [4.78, 5) is 22.8. The van der Waals surface area contributed by atoms with Crippen LogP contribution in [-0.4, -0.2) is 17.0 Å². The highest BCUT2D eigenvalue weighted by molar-refractivity contribution is 6.05. The van der Waals surface area contributed by atoms with E-state index >= 15 is 0 Å². The monoisotopic (exact) mass is 291 g/mol. The molecule has 0 aliphatic carbocycles. The van der Waals surface area contributed by atoms with Crippen molar-refractivity contribution in [2.45, 2.75) is 6.92 Å². The van der Waals surface area contributed by atoms with Crippen molar-refractivity contribution in [2.75, 3.05) is 5.32 Å². The lowest BCUT2D eigenvalue weighted by molar-refractivity contribution is 0.0696. The van der Waals surface area contributed by atoms with Gasteiger partial charge in [-0.1, -0.05) is 0 Å². The van der Waals surface area contributed by atoms with E-state index in [0.29, 0.717) is 0 Å². The second kappa shape index (κ2) is 5.70. The minimum absolute atomic E-state index is 0.147. The molecule has 0 radical (unpaired) electrons. The fraction of sp³-hybridized carbons (Fsp3) is 0.0667. The molecule has 2 aromatic carbocycles. The second-order valence-corrected chi connectivity index (χ2v) is 4.42. The molecular weight excluding hydrogens is 280 g/mol. The first kappa shape index (κ1) is 14.6. The Hall–Kier alpha value is -2.76. The van der Waals surface area contributed by atoms with Crippen molar-refractivity contribution in [2.24, 2.45) is 0 Å². The van der Waals surface area contributed by atoms with Gasteiger partial charge in [-0.25, -0.2) is 13.6 Å². The van der Waals surface area contributed by atoms with Crippen LogP contribution in [0.15, 0.2) is 36.4 Å². The zero-order chi connectivity index (χ0) is 15.6. The van der Waals surface area contributed by atoms with Gasteiger partial charge in [0.25, 0.3) is 5.91 Å². The van der Waals surface area contributed by atoms with E-state index in [-0.39, 0.29) is 22.4 Å². The van der Waals surface area contributed by atoms with E-state index in [0.717, 1.165) is 24.3 Å². The summed E-state index contributed by atoms with van der Waals surface area (Å²) in [5.41, 5.74) is 0.0281. The zero-order valence-electron chi connectivity index (χ0n) is 11.0. The number of carbonyl (C=O) groups is 2. The number of aryl methyl sites for hydroxylation is 1. The second-order valence-electron chi connectivity index (χ2n) is 4.42. The van der Waals surface area contributed by atoms with E-state index in [1.807, 2.05) is 0 Å². The molecule has 21 heavy (non-hydrogen) atoms. The summed E-state index contributed by atoms with van der Waals surface area (Å²) in [7, 11) is 0. The molecule has 0 unspecified atom stereocenters. The molecule has 1 amide bonds. The van der Waals surface area contributed by atoms with Gasteiger partial charge in [-0.3, -0.25) is 4.79 Å². The predicted octanol–water partition coefficient (Wildman–Crippen LogP) is 3.22. The number of aromatic carboxylic acids is 1. The van der Waals surface area contributed by atoms with Crippen LogP contribution in [0.1, 0.15) is 26.3 Å². The fourth-order valence-electron chi connectivity index (χ4n) is 1.73. The highest BCUT2D eigenvalue weighted by Crippen LogP contribution is 2.18. The number of carboxylic acid groups (broad SMARTS) is 1. The van der Waals surface area contributed by atoms with Crippen molar-refractivity contribution in [1.29, 1.82) is 0 Å². The Morgan fingerprint density at radius 2 is 1.62 bits per heavy atom. The van der Waals surface area contributed by atoms with Gasteiger partial charge in [0.15, 0.2) is 0 Å². The number of carboxylic acids is 1. The third-order valence-electron chi connectivity index (χ3n) is 2.88. The predicted molar refractivity (Wildman–Crippen MR) is 72.4 cm³/mol. The van der Waals surface area contributed by atoms with Crippen molar-refractivity contribution >= 4 is 17.6 Å². The minimum atomic E-state index is -1.23. The Morgan fingerprint density at radius 1 is 1.00 bits per heavy atom. The molecule has 2 N–H and O–H groups in total. The molecule has 0 fully saturated rings. The van der Waals surface area contributed by atoms with Crippen molar-refractivity contribution in [1.82, 2.24) is 0 Å². The van der Waals surface area contributed by atoms with Gasteiger partial charge in [0.2, 0.25) is 0 Å². The molecule has 0 atom stereocenters. The van der Waals surface area contributed by atoms with Crippen molar-refractivity contribution in [3.63, 3.8) is 0 Å². The van der Waals surface area contributed by atoms with Gasteiger partial charge in [0.05, 0.1) is 11.3 Å². The molecule has 6 heteroatoms. The average Bonchev–Trinajstić information content (AvgIpc) is 2.43. The Labute approximate surface area is 119 Å². The molecule has 0 saturated carbocycles. The van der Waals surface area contributed by atoms with Gasteiger partial charge in [-0.15, -0.1) is 0 Å². The normalized spacial score (nSPS) is 10.2. The SMILES string of the molecule is Cc1cc(C(=O)Nc2cc(C(=O)O)ccc2F)ccc1F. The zero-order valence-corrected chi connectivity index (χ0v) is 11.0. The van der Waals surface area contributed by atoms with E-state index in [4.69, 9.17) is 5.11 Å². The maximum atomic E-state index is 13.6. The molecule has 4 nitrogen and oxygen atoms in total. The summed E-state index contributed by atoms with van der Waals surface area (Å²) in [6.45, 7) is 1.50. The molecule has 2 aromatic rings. The summed E-state index contributed by atoms with van der Waals surface area (Å²) in [5.74, 6) is -3.10. The van der Waals surface area contributed by atoms with Crippen LogP contribution in [0.4, 0.5) is 14.5 Å². The van der Waals surface area contributed by atoms with Crippen LogP contribution in [0.3, 0.4) is 0 Å². The van der Waals surface area contributed by atoms with E-state index in [1.54, 1.807) is 0 Å². The molecule has 0 heterocycles. The van der Waals surface area contributed by atoms with Gasteiger partial charge < -0.3 is 10.4 Å². The third kappa shape index (κ3) is 3.22. The smallest absolute Gasteiger partial charge is 0.335 e. The van der Waals surface area contributed by atoms with Gasteiger partial charge in [0, 0.05) is 5.56 Å². The molecule has 0 aliphatic heterocycles. The van der Waals surface area contributed by atoms with Gasteiger partial charge in [-0.05, 0) is 48.9 Å². The van der Waals surface area contributed by atoms with Gasteiger partial charge in [0.1, 0.15) is 11.6 Å². The molecule has 0 saturated heterocycles. The first-order valence-electron chi connectivity index (χ1n) is 5.99. The number of rotatable bonds is 3. The van der Waals surface area contributed by atoms with Crippen LogP contribution >= 0.6 is 0 Å². The number of hydrogen-bond acceptors (Lipinski definition) is 2.